The fraction of sp³-hybridized carbons (Fsp3) is 0.458. The minimum absolute atomic E-state index is 0.144. The highest BCUT2D eigenvalue weighted by molar-refractivity contribution is 5.97. The Morgan fingerprint density at radius 1 is 0.966 bits per heavy atom. The van der Waals surface area contributed by atoms with Crippen molar-refractivity contribution in [1.29, 1.82) is 0 Å². The number of unbranched alkanes of at least 4 members (excludes halogenated alkanes) is 4. The molecule has 0 unspecified atom stereocenters. The van der Waals surface area contributed by atoms with Gasteiger partial charge in [0.15, 0.2) is 17.3 Å². The number of Topliss-reactive ketones (excluding diaryl/α,β-unsaturated/α-hetero) is 1. The second-order valence-corrected chi connectivity index (χ2v) is 7.25. The van der Waals surface area contributed by atoms with Crippen LogP contribution < -0.4 is 4.74 Å². The molecule has 0 aliphatic heterocycles. The highest BCUT2D eigenvalue weighted by atomic mass is 19.3. The van der Waals surface area contributed by atoms with Gasteiger partial charge in [-0.25, -0.2) is 13.2 Å². The highest BCUT2D eigenvalue weighted by Crippen LogP contribution is 2.32. The molecule has 0 aromatic heterocycles. The molecule has 0 spiro atoms. The average Bonchev–Trinajstić information content (AvgIpc) is 2.69. The molecule has 0 N–H and O–H groups in total. The summed E-state index contributed by atoms with van der Waals surface area (Å²) in [6, 6.07) is 11.0. The second kappa shape index (κ2) is 11.6. The van der Waals surface area contributed by atoms with Gasteiger partial charge in [-0.3, -0.25) is 4.79 Å². The van der Waals surface area contributed by atoms with Crippen molar-refractivity contribution in [3.8, 4) is 5.75 Å². The van der Waals surface area contributed by atoms with Crippen molar-refractivity contribution in [2.45, 2.75) is 65.2 Å². The number of rotatable bonds is 12. The van der Waals surface area contributed by atoms with E-state index >= 15 is 0 Å². The number of carbonyl (C=O) groups excluding carboxylic acids is 1. The van der Waals surface area contributed by atoms with Crippen molar-refractivity contribution in [2.24, 2.45) is 0 Å². The van der Waals surface area contributed by atoms with Crippen LogP contribution in [0.25, 0.3) is 0 Å². The van der Waals surface area contributed by atoms with Crippen LogP contribution in [0.1, 0.15) is 78.9 Å². The molecule has 2 aromatic carbocycles. The van der Waals surface area contributed by atoms with Crippen LogP contribution in [0.3, 0.4) is 0 Å². The van der Waals surface area contributed by atoms with Crippen molar-refractivity contribution >= 4 is 5.78 Å². The normalized spacial score (nSPS) is 11.1. The topological polar surface area (TPSA) is 26.3 Å². The first kappa shape index (κ1) is 23.0. The Labute approximate surface area is 171 Å². The molecule has 0 aliphatic carbocycles. The summed E-state index contributed by atoms with van der Waals surface area (Å²) in [4.78, 5) is 12.4. The van der Waals surface area contributed by atoms with Gasteiger partial charge in [-0.1, -0.05) is 49.1 Å². The van der Waals surface area contributed by atoms with Crippen LogP contribution in [-0.2, 0) is 6.42 Å². The lowest BCUT2D eigenvalue weighted by molar-refractivity contribution is 0.0961. The fourth-order valence-electron chi connectivity index (χ4n) is 3.33. The SMILES string of the molecule is CCOc1ccc(C(=O)CCCCCCCc2ccc(C)cc2)c(C(F)F)c1F. The number of ether oxygens (including phenoxy) is 1. The largest absolute Gasteiger partial charge is 0.491 e. The monoisotopic (exact) mass is 406 g/mol. The molecule has 158 valence electrons. The summed E-state index contributed by atoms with van der Waals surface area (Å²) in [6.07, 6.45) is 2.70. The average molecular weight is 406 g/mol. The van der Waals surface area contributed by atoms with Crippen molar-refractivity contribution in [3.05, 3.63) is 64.5 Å². The third-order valence-corrected chi connectivity index (χ3v) is 4.95. The highest BCUT2D eigenvalue weighted by Gasteiger charge is 2.25. The Morgan fingerprint density at radius 2 is 1.62 bits per heavy atom. The van der Waals surface area contributed by atoms with E-state index in [4.69, 9.17) is 4.74 Å². The van der Waals surface area contributed by atoms with E-state index in [2.05, 4.69) is 31.2 Å². The molecule has 5 heteroatoms. The van der Waals surface area contributed by atoms with E-state index in [0.717, 1.165) is 32.1 Å². The van der Waals surface area contributed by atoms with Gasteiger partial charge in [-0.05, 0) is 50.8 Å². The summed E-state index contributed by atoms with van der Waals surface area (Å²) in [5.74, 6) is -1.82. The van der Waals surface area contributed by atoms with Gasteiger partial charge >= 0.3 is 0 Å². The van der Waals surface area contributed by atoms with Gasteiger partial charge in [0, 0.05) is 12.0 Å². The van der Waals surface area contributed by atoms with Crippen molar-refractivity contribution in [3.63, 3.8) is 0 Å². The van der Waals surface area contributed by atoms with Gasteiger partial charge in [0.05, 0.1) is 12.2 Å². The number of benzene rings is 2. The number of halogens is 3. The van der Waals surface area contributed by atoms with E-state index in [9.17, 15) is 18.0 Å². The van der Waals surface area contributed by atoms with E-state index in [1.807, 2.05) is 0 Å². The zero-order valence-corrected chi connectivity index (χ0v) is 17.1. The molecular formula is C24H29F3O2. The third-order valence-electron chi connectivity index (χ3n) is 4.95. The molecular weight excluding hydrogens is 377 g/mol. The Balaban J connectivity index is 1.77. The van der Waals surface area contributed by atoms with E-state index in [1.54, 1.807) is 6.92 Å². The molecule has 0 aliphatic rings. The Morgan fingerprint density at radius 3 is 2.28 bits per heavy atom. The van der Waals surface area contributed by atoms with Crippen LogP contribution in [0.15, 0.2) is 36.4 Å². The molecule has 0 bridgehead atoms. The molecule has 2 nitrogen and oxygen atoms in total. The second-order valence-electron chi connectivity index (χ2n) is 7.25. The molecule has 0 radical (unpaired) electrons. The van der Waals surface area contributed by atoms with Crippen LogP contribution in [0, 0.1) is 12.7 Å². The van der Waals surface area contributed by atoms with E-state index in [0.29, 0.717) is 6.42 Å². The van der Waals surface area contributed by atoms with Gasteiger partial charge in [0.25, 0.3) is 6.43 Å². The Hall–Kier alpha value is -2.30. The molecule has 0 heterocycles. The van der Waals surface area contributed by atoms with Crippen LogP contribution in [0.2, 0.25) is 0 Å². The fourth-order valence-corrected chi connectivity index (χ4v) is 3.33. The van der Waals surface area contributed by atoms with Gasteiger partial charge in [-0.2, -0.15) is 0 Å². The predicted molar refractivity (Wildman–Crippen MR) is 109 cm³/mol. The molecule has 0 saturated heterocycles. The smallest absolute Gasteiger partial charge is 0.267 e. The van der Waals surface area contributed by atoms with E-state index in [1.165, 1.54) is 23.3 Å². The molecule has 0 atom stereocenters. The first-order chi connectivity index (χ1) is 13.9. The standard InChI is InChI=1S/C24H29F3O2/c1-3-29-21-16-15-19(22(23(21)25)24(26)27)20(28)10-8-6-4-5-7-9-18-13-11-17(2)12-14-18/h11-16,24H,3-10H2,1-2H3. The minimum Gasteiger partial charge on any atom is -0.491 e. The molecule has 0 saturated carbocycles. The van der Waals surface area contributed by atoms with Gasteiger partial charge in [0.2, 0.25) is 0 Å². The van der Waals surface area contributed by atoms with Gasteiger partial charge in [0.1, 0.15) is 0 Å². The quantitative estimate of drug-likeness (QED) is 0.274. The molecule has 0 amide bonds. The first-order valence-corrected chi connectivity index (χ1v) is 10.3. The number of hydrogen-bond donors (Lipinski definition) is 0. The van der Waals surface area contributed by atoms with E-state index < -0.39 is 23.6 Å². The maximum atomic E-state index is 14.3. The molecule has 2 aromatic rings. The number of alkyl halides is 2. The lowest BCUT2D eigenvalue weighted by Crippen LogP contribution is -2.08. The Kier molecular flexibility index (Phi) is 9.23. The summed E-state index contributed by atoms with van der Waals surface area (Å²) in [6.45, 7) is 3.87. The molecule has 2 rings (SSSR count). The maximum absolute atomic E-state index is 14.3. The number of carbonyl (C=O) groups is 1. The lowest BCUT2D eigenvalue weighted by atomic mass is 9.98. The summed E-state index contributed by atoms with van der Waals surface area (Å²) in [7, 11) is 0. The van der Waals surface area contributed by atoms with Crippen molar-refractivity contribution in [1.82, 2.24) is 0 Å². The number of aryl methyl sites for hydroxylation is 2. The molecule has 0 fully saturated rings. The lowest BCUT2D eigenvalue weighted by Gasteiger charge is -2.13. The number of ketones is 1. The Bertz CT molecular complexity index is 785. The summed E-state index contributed by atoms with van der Waals surface area (Å²) < 4.78 is 45.9. The van der Waals surface area contributed by atoms with Crippen LogP contribution in [0.4, 0.5) is 13.2 Å². The zero-order chi connectivity index (χ0) is 21.2. The van der Waals surface area contributed by atoms with Crippen molar-refractivity contribution in [2.75, 3.05) is 6.61 Å². The van der Waals surface area contributed by atoms with E-state index in [-0.39, 0.29) is 24.3 Å². The summed E-state index contributed by atoms with van der Waals surface area (Å²) in [5.41, 5.74) is 1.49. The maximum Gasteiger partial charge on any atom is 0.267 e. The van der Waals surface area contributed by atoms with Gasteiger partial charge in [-0.15, -0.1) is 0 Å². The van der Waals surface area contributed by atoms with Gasteiger partial charge < -0.3 is 4.74 Å². The van der Waals surface area contributed by atoms with Crippen molar-refractivity contribution < 1.29 is 22.7 Å². The first-order valence-electron chi connectivity index (χ1n) is 10.3. The van der Waals surface area contributed by atoms with Crippen LogP contribution >= 0.6 is 0 Å². The number of hydrogen-bond acceptors (Lipinski definition) is 2. The van der Waals surface area contributed by atoms with Crippen LogP contribution in [-0.4, -0.2) is 12.4 Å². The van der Waals surface area contributed by atoms with Crippen LogP contribution in [0.5, 0.6) is 5.75 Å². The third kappa shape index (κ3) is 6.91. The zero-order valence-electron chi connectivity index (χ0n) is 17.1. The molecule has 29 heavy (non-hydrogen) atoms. The minimum atomic E-state index is -3.06. The summed E-state index contributed by atoms with van der Waals surface area (Å²) in [5, 5.41) is 0. The predicted octanol–water partition coefficient (Wildman–Crippen LogP) is 7.24. The summed E-state index contributed by atoms with van der Waals surface area (Å²) >= 11 is 0.